The Bertz CT molecular complexity index is 1270. The van der Waals surface area contributed by atoms with Crippen molar-refractivity contribution in [2.75, 3.05) is 0 Å². The molecule has 0 spiro atoms. The van der Waals surface area contributed by atoms with Crippen LogP contribution in [0.25, 0.3) is 0 Å². The Kier molecular flexibility index (Phi) is 5.74. The van der Waals surface area contributed by atoms with Crippen LogP contribution in [0.1, 0.15) is 16.7 Å². The summed E-state index contributed by atoms with van der Waals surface area (Å²) in [5.41, 5.74) is -10.3. The zero-order chi connectivity index (χ0) is 28.1. The van der Waals surface area contributed by atoms with E-state index in [4.69, 9.17) is 0 Å². The van der Waals surface area contributed by atoms with Crippen LogP contribution in [0.4, 0.5) is 79.0 Å². The molecule has 1 nitrogen and oxygen atoms in total. The number of fused-ring (bicyclic) bond motifs is 2. The molecule has 36 heavy (non-hydrogen) atoms. The summed E-state index contributed by atoms with van der Waals surface area (Å²) >= 11 is 0. The third-order valence-electron chi connectivity index (χ3n) is 4.79. The number of alkyl halides is 11. The van der Waals surface area contributed by atoms with E-state index in [-0.39, 0.29) is 0 Å². The fourth-order valence-electron chi connectivity index (χ4n) is 3.04. The molecule has 0 aromatic heterocycles. The minimum Gasteiger partial charge on any atom is -0.450 e. The molecule has 1 aliphatic rings. The molecular formula is C17F18O. The van der Waals surface area contributed by atoms with Gasteiger partial charge in [-0.3, -0.25) is 0 Å². The standard InChI is InChI=1S/C17F18O/c18-4-1(14(27,28)15(29,30)16(31,32)17(33,34)35)5(19)9(23)11-2(4)13(25,26)3-6(20)7(21)8(22)10(24)12(3)36-11. The van der Waals surface area contributed by atoms with Gasteiger partial charge in [0.2, 0.25) is 17.5 Å². The van der Waals surface area contributed by atoms with E-state index < -0.39 is 98.8 Å². The molecule has 0 aliphatic carbocycles. The van der Waals surface area contributed by atoms with Gasteiger partial charge in [0.15, 0.2) is 29.0 Å². The molecule has 0 saturated heterocycles. The third-order valence-corrected chi connectivity index (χ3v) is 4.79. The largest absolute Gasteiger partial charge is 0.460 e. The van der Waals surface area contributed by atoms with Gasteiger partial charge >= 0.3 is 29.9 Å². The van der Waals surface area contributed by atoms with Crippen molar-refractivity contribution in [1.29, 1.82) is 0 Å². The van der Waals surface area contributed by atoms with Gasteiger partial charge in [-0.05, 0) is 0 Å². The van der Waals surface area contributed by atoms with E-state index in [1.165, 1.54) is 0 Å². The Morgan fingerprint density at radius 3 is 1.31 bits per heavy atom. The molecule has 2 aromatic carbocycles. The van der Waals surface area contributed by atoms with Gasteiger partial charge in [0.1, 0.15) is 22.5 Å². The Balaban J connectivity index is 2.44. The molecule has 200 valence electrons. The van der Waals surface area contributed by atoms with Crippen LogP contribution in [0.2, 0.25) is 0 Å². The quantitative estimate of drug-likeness (QED) is 0.211. The molecule has 0 amide bonds. The second kappa shape index (κ2) is 7.50. The fourth-order valence-corrected chi connectivity index (χ4v) is 3.04. The monoisotopic (exact) mass is 562 g/mol. The second-order valence-electron chi connectivity index (χ2n) is 6.88. The molecule has 0 atom stereocenters. The number of ether oxygens (including phenoxy) is 1. The molecule has 0 fully saturated rings. The van der Waals surface area contributed by atoms with Gasteiger partial charge in [-0.15, -0.1) is 0 Å². The summed E-state index contributed by atoms with van der Waals surface area (Å²) in [5.74, 6) is -57.6. The maximum Gasteiger partial charge on any atom is 0.460 e. The molecular weight excluding hydrogens is 562 g/mol. The van der Waals surface area contributed by atoms with Crippen molar-refractivity contribution < 1.29 is 83.8 Å². The molecule has 0 saturated carbocycles. The van der Waals surface area contributed by atoms with Gasteiger partial charge in [-0.25, -0.2) is 22.0 Å². The predicted molar refractivity (Wildman–Crippen MR) is 75.5 cm³/mol. The van der Waals surface area contributed by atoms with Crippen molar-refractivity contribution in [3.05, 3.63) is 57.4 Å². The highest BCUT2D eigenvalue weighted by Crippen LogP contribution is 2.60. The summed E-state index contributed by atoms with van der Waals surface area (Å²) in [5, 5.41) is 0. The van der Waals surface area contributed by atoms with Gasteiger partial charge in [0.25, 0.3) is 0 Å². The number of halogens is 18. The van der Waals surface area contributed by atoms with Crippen LogP contribution in [0.15, 0.2) is 0 Å². The molecule has 3 rings (SSSR count). The lowest BCUT2D eigenvalue weighted by Crippen LogP contribution is -2.60. The van der Waals surface area contributed by atoms with E-state index in [9.17, 15) is 79.0 Å². The summed E-state index contributed by atoms with van der Waals surface area (Å²) in [7, 11) is 0. The van der Waals surface area contributed by atoms with Crippen LogP contribution in [0, 0.1) is 40.7 Å². The average molecular weight is 562 g/mol. The summed E-state index contributed by atoms with van der Waals surface area (Å²) < 4.78 is 249. The maximum atomic E-state index is 14.7. The van der Waals surface area contributed by atoms with Gasteiger partial charge in [0.05, 0.1) is 0 Å². The van der Waals surface area contributed by atoms with Gasteiger partial charge in [-0.2, -0.15) is 57.1 Å². The van der Waals surface area contributed by atoms with Gasteiger partial charge < -0.3 is 4.74 Å². The van der Waals surface area contributed by atoms with Crippen LogP contribution < -0.4 is 4.74 Å². The van der Waals surface area contributed by atoms with Crippen LogP contribution in [0.5, 0.6) is 11.5 Å². The van der Waals surface area contributed by atoms with E-state index in [0.29, 0.717) is 0 Å². The summed E-state index contributed by atoms with van der Waals surface area (Å²) in [6.45, 7) is 0. The molecule has 0 unspecified atom stereocenters. The molecule has 0 radical (unpaired) electrons. The normalized spacial score (nSPS) is 15.9. The molecule has 0 N–H and O–H groups in total. The minimum atomic E-state index is -7.89. The second-order valence-corrected chi connectivity index (χ2v) is 6.88. The molecule has 0 bridgehead atoms. The minimum absolute atomic E-state index is 2.50. The van der Waals surface area contributed by atoms with E-state index in [2.05, 4.69) is 4.74 Å². The first-order valence-electron chi connectivity index (χ1n) is 8.31. The van der Waals surface area contributed by atoms with Crippen molar-refractivity contribution in [3.8, 4) is 11.5 Å². The molecule has 19 heteroatoms. The lowest BCUT2D eigenvalue weighted by molar-refractivity contribution is -0.400. The first-order chi connectivity index (χ1) is 16.0. The van der Waals surface area contributed by atoms with Crippen molar-refractivity contribution >= 4 is 0 Å². The smallest absolute Gasteiger partial charge is 0.450 e. The SMILES string of the molecule is Fc1c(F)c(F)c2c(c1F)Oc1c(F)c(F)c(C(F)(F)C(F)(F)C(F)(F)C(F)(F)F)c(F)c1C2(F)F. The lowest BCUT2D eigenvalue weighted by Gasteiger charge is -2.35. The van der Waals surface area contributed by atoms with Gasteiger partial charge in [0, 0.05) is 0 Å². The van der Waals surface area contributed by atoms with E-state index >= 15 is 0 Å². The Hall–Kier alpha value is -3.02. The Labute approximate surface area is 183 Å². The fraction of sp³-hybridized carbons (Fsp3) is 0.294. The highest BCUT2D eigenvalue weighted by atomic mass is 19.4. The van der Waals surface area contributed by atoms with Gasteiger partial charge in [-0.1, -0.05) is 0 Å². The average Bonchev–Trinajstić information content (AvgIpc) is 2.72. The summed E-state index contributed by atoms with van der Waals surface area (Å²) in [6.07, 6.45) is -7.55. The van der Waals surface area contributed by atoms with Crippen LogP contribution in [0.3, 0.4) is 0 Å². The summed E-state index contributed by atoms with van der Waals surface area (Å²) in [6, 6.07) is 0. The Morgan fingerprint density at radius 2 is 0.861 bits per heavy atom. The van der Waals surface area contributed by atoms with Crippen LogP contribution in [-0.2, 0) is 11.8 Å². The topological polar surface area (TPSA) is 9.23 Å². The van der Waals surface area contributed by atoms with Crippen molar-refractivity contribution in [3.63, 3.8) is 0 Å². The number of hydrogen-bond donors (Lipinski definition) is 0. The van der Waals surface area contributed by atoms with Crippen LogP contribution >= 0.6 is 0 Å². The lowest BCUT2D eigenvalue weighted by atomic mass is 9.88. The number of hydrogen-bond acceptors (Lipinski definition) is 1. The molecule has 2 aromatic rings. The highest BCUT2D eigenvalue weighted by Gasteiger charge is 2.83. The predicted octanol–water partition coefficient (Wildman–Crippen LogP) is 7.83. The zero-order valence-corrected chi connectivity index (χ0v) is 15.7. The molecule has 1 heterocycles. The maximum absolute atomic E-state index is 14.7. The number of rotatable bonds is 3. The van der Waals surface area contributed by atoms with E-state index in [0.717, 1.165) is 0 Å². The van der Waals surface area contributed by atoms with Crippen molar-refractivity contribution in [2.45, 2.75) is 29.9 Å². The number of benzene rings is 2. The summed E-state index contributed by atoms with van der Waals surface area (Å²) in [4.78, 5) is 0. The molecule has 1 aliphatic heterocycles. The first-order valence-corrected chi connectivity index (χ1v) is 8.31. The highest BCUT2D eigenvalue weighted by molar-refractivity contribution is 5.58. The van der Waals surface area contributed by atoms with E-state index in [1.54, 1.807) is 0 Å². The van der Waals surface area contributed by atoms with E-state index in [1.807, 2.05) is 0 Å². The zero-order valence-electron chi connectivity index (χ0n) is 15.7. The third kappa shape index (κ3) is 3.15. The van der Waals surface area contributed by atoms with Crippen molar-refractivity contribution in [2.24, 2.45) is 0 Å². The van der Waals surface area contributed by atoms with Crippen molar-refractivity contribution in [1.82, 2.24) is 0 Å². The van der Waals surface area contributed by atoms with Crippen LogP contribution in [-0.4, -0.2) is 18.0 Å². The Morgan fingerprint density at radius 1 is 0.472 bits per heavy atom. The first kappa shape index (κ1) is 27.6.